The van der Waals surface area contributed by atoms with Gasteiger partial charge in [-0.15, -0.1) is 10.2 Å². The van der Waals surface area contributed by atoms with Crippen LogP contribution in [0.4, 0.5) is 0 Å². The second-order valence-corrected chi connectivity index (χ2v) is 7.27. The molecule has 1 atom stereocenters. The summed E-state index contributed by atoms with van der Waals surface area (Å²) in [5.41, 5.74) is 1.29. The van der Waals surface area contributed by atoms with Crippen molar-refractivity contribution in [3.63, 3.8) is 0 Å². The van der Waals surface area contributed by atoms with E-state index in [2.05, 4.69) is 10.2 Å². The molecule has 0 amide bonds. The zero-order valence-corrected chi connectivity index (χ0v) is 16.3. The fourth-order valence-corrected chi connectivity index (χ4v) is 3.29. The summed E-state index contributed by atoms with van der Waals surface area (Å²) in [6, 6.07) is 12.2. The number of thioether (sulfide) groups is 1. The van der Waals surface area contributed by atoms with Crippen LogP contribution in [-0.4, -0.2) is 46.3 Å². The standard InChI is InChI=1S/C20H18N2O6S/c1-12(23)13-3-2-4-16(7-13)25-9-15(24)10-29-20-22-21-19(28-20)14-5-6-17-18(8-14)27-11-26-17/h2-8,15,24H,9-11H2,1H3/t15-/m0/s1. The van der Waals surface area contributed by atoms with Gasteiger partial charge in [-0.1, -0.05) is 23.9 Å². The zero-order valence-electron chi connectivity index (χ0n) is 15.5. The van der Waals surface area contributed by atoms with Gasteiger partial charge in [0.2, 0.25) is 12.7 Å². The van der Waals surface area contributed by atoms with E-state index in [-0.39, 0.29) is 19.2 Å². The molecule has 1 aromatic heterocycles. The summed E-state index contributed by atoms with van der Waals surface area (Å²) in [5.74, 6) is 2.48. The van der Waals surface area contributed by atoms with E-state index >= 15 is 0 Å². The number of hydrogen-bond acceptors (Lipinski definition) is 9. The molecule has 29 heavy (non-hydrogen) atoms. The topological polar surface area (TPSA) is 104 Å². The number of rotatable bonds is 8. The molecule has 0 saturated heterocycles. The number of benzene rings is 2. The van der Waals surface area contributed by atoms with Crippen molar-refractivity contribution in [1.29, 1.82) is 0 Å². The van der Waals surface area contributed by atoms with Gasteiger partial charge in [0, 0.05) is 16.9 Å². The van der Waals surface area contributed by atoms with Crippen molar-refractivity contribution >= 4 is 17.5 Å². The highest BCUT2D eigenvalue weighted by Crippen LogP contribution is 2.36. The molecule has 1 aliphatic rings. The van der Waals surface area contributed by atoms with Crippen molar-refractivity contribution in [1.82, 2.24) is 10.2 Å². The van der Waals surface area contributed by atoms with Crippen LogP contribution in [0.1, 0.15) is 17.3 Å². The first-order chi connectivity index (χ1) is 14.1. The van der Waals surface area contributed by atoms with Crippen LogP contribution >= 0.6 is 11.8 Å². The largest absolute Gasteiger partial charge is 0.491 e. The summed E-state index contributed by atoms with van der Waals surface area (Å²) in [6.45, 7) is 1.77. The zero-order chi connectivity index (χ0) is 20.2. The van der Waals surface area contributed by atoms with Gasteiger partial charge in [-0.25, -0.2) is 0 Å². The Morgan fingerprint density at radius 1 is 1.21 bits per heavy atom. The molecule has 0 aliphatic carbocycles. The number of Topliss-reactive ketones (excluding diaryl/α,β-unsaturated/α-hetero) is 1. The number of aliphatic hydroxyl groups excluding tert-OH is 1. The Morgan fingerprint density at radius 2 is 2.07 bits per heavy atom. The first-order valence-electron chi connectivity index (χ1n) is 8.86. The Labute approximate surface area is 170 Å². The molecule has 8 nitrogen and oxygen atoms in total. The van der Waals surface area contributed by atoms with Crippen molar-refractivity contribution < 1.29 is 28.5 Å². The quantitative estimate of drug-likeness (QED) is 0.439. The third-order valence-electron chi connectivity index (χ3n) is 4.11. The molecule has 1 N–H and O–H groups in total. The van der Waals surface area contributed by atoms with E-state index in [9.17, 15) is 9.90 Å². The van der Waals surface area contributed by atoms with E-state index in [4.69, 9.17) is 18.6 Å². The summed E-state index contributed by atoms with van der Waals surface area (Å²) in [7, 11) is 0. The van der Waals surface area contributed by atoms with E-state index in [0.29, 0.717) is 39.7 Å². The van der Waals surface area contributed by atoms with Crippen LogP contribution in [-0.2, 0) is 0 Å². The van der Waals surface area contributed by atoms with Gasteiger partial charge >= 0.3 is 0 Å². The molecule has 0 radical (unpaired) electrons. The van der Waals surface area contributed by atoms with Crippen molar-refractivity contribution in [2.24, 2.45) is 0 Å². The lowest BCUT2D eigenvalue weighted by molar-refractivity contribution is 0.101. The SMILES string of the molecule is CC(=O)c1cccc(OC[C@H](O)CSc2nnc(-c3ccc4c(c3)OCO4)o2)c1. The van der Waals surface area contributed by atoms with Gasteiger partial charge in [0.25, 0.3) is 5.22 Å². The normalized spacial score (nSPS) is 13.3. The van der Waals surface area contributed by atoms with E-state index in [0.717, 1.165) is 5.56 Å². The fraction of sp³-hybridized carbons (Fsp3) is 0.250. The molecule has 4 rings (SSSR count). The smallest absolute Gasteiger partial charge is 0.276 e. The third kappa shape index (κ3) is 4.69. The first kappa shape index (κ1) is 19.3. The minimum atomic E-state index is -0.748. The molecule has 1 aliphatic heterocycles. The van der Waals surface area contributed by atoms with Crippen molar-refractivity contribution in [3.05, 3.63) is 48.0 Å². The van der Waals surface area contributed by atoms with Gasteiger partial charge in [0.05, 0.1) is 6.10 Å². The third-order valence-corrected chi connectivity index (χ3v) is 5.07. The van der Waals surface area contributed by atoms with Gasteiger partial charge in [-0.3, -0.25) is 4.79 Å². The number of aromatic nitrogens is 2. The summed E-state index contributed by atoms with van der Waals surface area (Å²) in [5, 5.41) is 18.5. The number of ether oxygens (including phenoxy) is 3. The monoisotopic (exact) mass is 414 g/mol. The number of carbonyl (C=O) groups excluding carboxylic acids is 1. The number of hydrogen-bond donors (Lipinski definition) is 1. The highest BCUT2D eigenvalue weighted by Gasteiger charge is 2.17. The van der Waals surface area contributed by atoms with Crippen LogP contribution in [0.25, 0.3) is 11.5 Å². The van der Waals surface area contributed by atoms with Gasteiger partial charge in [0.15, 0.2) is 17.3 Å². The summed E-state index contributed by atoms with van der Waals surface area (Å²) in [4.78, 5) is 11.4. The molecule has 3 aromatic rings. The minimum Gasteiger partial charge on any atom is -0.491 e. The summed E-state index contributed by atoms with van der Waals surface area (Å²) in [6.07, 6.45) is -0.748. The predicted octanol–water partition coefficient (Wildman–Crippen LogP) is 3.20. The predicted molar refractivity (Wildman–Crippen MR) is 105 cm³/mol. The Balaban J connectivity index is 1.29. The van der Waals surface area contributed by atoms with Gasteiger partial charge in [0.1, 0.15) is 12.4 Å². The number of carbonyl (C=O) groups is 1. The molecule has 2 aromatic carbocycles. The number of ketones is 1. The Morgan fingerprint density at radius 3 is 2.93 bits per heavy atom. The van der Waals surface area contributed by atoms with Crippen LogP contribution in [0.15, 0.2) is 52.1 Å². The molecular weight excluding hydrogens is 396 g/mol. The van der Waals surface area contributed by atoms with Crippen LogP contribution in [0.2, 0.25) is 0 Å². The second-order valence-electron chi connectivity index (χ2n) is 6.30. The second kappa shape index (κ2) is 8.54. The molecule has 0 fully saturated rings. The van der Waals surface area contributed by atoms with Gasteiger partial charge in [-0.2, -0.15) is 0 Å². The molecule has 0 bridgehead atoms. The number of fused-ring (bicyclic) bond motifs is 1. The lowest BCUT2D eigenvalue weighted by Gasteiger charge is -2.11. The lowest BCUT2D eigenvalue weighted by Crippen LogP contribution is -2.20. The highest BCUT2D eigenvalue weighted by molar-refractivity contribution is 7.99. The Kier molecular flexibility index (Phi) is 5.68. The van der Waals surface area contributed by atoms with Crippen LogP contribution in [0, 0.1) is 0 Å². The first-order valence-corrected chi connectivity index (χ1v) is 9.85. The maximum absolute atomic E-state index is 11.4. The van der Waals surface area contributed by atoms with Gasteiger partial charge < -0.3 is 23.7 Å². The molecule has 0 saturated carbocycles. The molecule has 150 valence electrons. The summed E-state index contributed by atoms with van der Waals surface area (Å²) >= 11 is 1.23. The maximum Gasteiger partial charge on any atom is 0.276 e. The van der Waals surface area contributed by atoms with E-state index in [1.807, 2.05) is 6.07 Å². The number of nitrogens with zero attached hydrogens (tertiary/aromatic N) is 2. The van der Waals surface area contributed by atoms with Crippen molar-refractivity contribution in [2.75, 3.05) is 19.2 Å². The van der Waals surface area contributed by atoms with Gasteiger partial charge in [-0.05, 0) is 37.3 Å². The lowest BCUT2D eigenvalue weighted by atomic mass is 10.1. The van der Waals surface area contributed by atoms with Crippen LogP contribution in [0.3, 0.4) is 0 Å². The van der Waals surface area contributed by atoms with E-state index in [1.54, 1.807) is 36.4 Å². The fourth-order valence-electron chi connectivity index (χ4n) is 2.63. The molecular formula is C20H18N2O6S. The van der Waals surface area contributed by atoms with E-state index in [1.165, 1.54) is 18.7 Å². The maximum atomic E-state index is 11.4. The molecule has 0 unspecified atom stereocenters. The minimum absolute atomic E-state index is 0.0405. The molecule has 9 heteroatoms. The average molecular weight is 414 g/mol. The van der Waals surface area contributed by atoms with Crippen molar-refractivity contribution in [3.8, 4) is 28.7 Å². The van der Waals surface area contributed by atoms with Crippen LogP contribution in [0.5, 0.6) is 17.2 Å². The molecule has 0 spiro atoms. The summed E-state index contributed by atoms with van der Waals surface area (Å²) < 4.78 is 21.8. The highest BCUT2D eigenvalue weighted by atomic mass is 32.2. The molecule has 2 heterocycles. The average Bonchev–Trinajstić information content (AvgIpc) is 3.39. The van der Waals surface area contributed by atoms with Crippen molar-refractivity contribution in [2.45, 2.75) is 18.3 Å². The number of aliphatic hydroxyl groups is 1. The Hall–Kier alpha value is -3.04. The van der Waals surface area contributed by atoms with E-state index < -0.39 is 6.10 Å². The Bertz CT molecular complexity index is 1020. The van der Waals surface area contributed by atoms with Crippen LogP contribution < -0.4 is 14.2 Å².